The fourth-order valence-electron chi connectivity index (χ4n) is 2.66. The second-order valence-corrected chi connectivity index (χ2v) is 6.83. The Kier molecular flexibility index (Phi) is 3.26. The van der Waals surface area contributed by atoms with Crippen molar-refractivity contribution in [2.24, 2.45) is 0 Å². The van der Waals surface area contributed by atoms with E-state index in [1.807, 2.05) is 31.6 Å². The van der Waals surface area contributed by atoms with Gasteiger partial charge in [0.15, 0.2) is 0 Å². The molecular weight excluding hydrogens is 270 g/mol. The van der Waals surface area contributed by atoms with Crippen molar-refractivity contribution in [2.75, 3.05) is 6.54 Å². The Labute approximate surface area is 124 Å². The fourth-order valence-corrected chi connectivity index (χ4v) is 2.66. The smallest absolute Gasteiger partial charge is 0.410 e. The molecule has 1 aliphatic carbocycles. The molecule has 0 atom stereocenters. The number of amides is 1. The predicted octanol–water partition coefficient (Wildman–Crippen LogP) is 2.08. The van der Waals surface area contributed by atoms with Crippen LogP contribution in [0.2, 0.25) is 0 Å². The van der Waals surface area contributed by atoms with Gasteiger partial charge in [0, 0.05) is 37.6 Å². The van der Waals surface area contributed by atoms with Crippen LogP contribution in [0, 0.1) is 0 Å². The molecule has 0 radical (unpaired) electrons. The van der Waals surface area contributed by atoms with Gasteiger partial charge in [-0.25, -0.2) is 4.79 Å². The summed E-state index contributed by atoms with van der Waals surface area (Å²) in [5.41, 5.74) is 1.62. The Balaban J connectivity index is 1.68. The van der Waals surface area contributed by atoms with Crippen molar-refractivity contribution in [1.82, 2.24) is 14.7 Å². The number of hydrogen-bond acceptors (Lipinski definition) is 4. The minimum Gasteiger partial charge on any atom is -0.444 e. The van der Waals surface area contributed by atoms with Crippen LogP contribution in [0.4, 0.5) is 4.79 Å². The van der Waals surface area contributed by atoms with Crippen LogP contribution in [0.3, 0.4) is 0 Å². The predicted molar refractivity (Wildman–Crippen MR) is 75.9 cm³/mol. The summed E-state index contributed by atoms with van der Waals surface area (Å²) < 4.78 is 7.30. The van der Waals surface area contributed by atoms with E-state index >= 15 is 0 Å². The third-order valence-electron chi connectivity index (χ3n) is 3.83. The van der Waals surface area contributed by atoms with Crippen molar-refractivity contribution in [3.8, 4) is 0 Å². The van der Waals surface area contributed by atoms with Crippen LogP contribution in [0.25, 0.3) is 0 Å². The number of aromatic nitrogens is 2. The van der Waals surface area contributed by atoms with Gasteiger partial charge in [-0.3, -0.25) is 9.48 Å². The van der Waals surface area contributed by atoms with E-state index in [2.05, 4.69) is 5.10 Å². The molecule has 0 unspecified atom stereocenters. The molecule has 0 N–H and O–H groups in total. The van der Waals surface area contributed by atoms with E-state index in [0.29, 0.717) is 31.7 Å². The highest BCUT2D eigenvalue weighted by Crippen LogP contribution is 2.30. The average Bonchev–Trinajstić information content (AvgIpc) is 2.74. The van der Waals surface area contributed by atoms with E-state index in [4.69, 9.17) is 4.74 Å². The van der Waals surface area contributed by atoms with E-state index < -0.39 is 5.60 Å². The Morgan fingerprint density at radius 2 is 2.10 bits per heavy atom. The molecule has 2 aliphatic rings. The lowest BCUT2D eigenvalue weighted by molar-refractivity contribution is -0.126. The summed E-state index contributed by atoms with van der Waals surface area (Å²) in [5, 5.41) is 4.56. The molecule has 0 bridgehead atoms. The van der Waals surface area contributed by atoms with Crippen LogP contribution in [0.5, 0.6) is 0 Å². The minimum atomic E-state index is -0.478. The summed E-state index contributed by atoms with van der Waals surface area (Å²) >= 11 is 0. The summed E-state index contributed by atoms with van der Waals surface area (Å²) in [5.74, 6) is 0.295. The first-order chi connectivity index (χ1) is 9.82. The van der Waals surface area contributed by atoms with Gasteiger partial charge < -0.3 is 9.64 Å². The molecule has 0 saturated heterocycles. The molecule has 114 valence electrons. The molecule has 6 nitrogen and oxygen atoms in total. The Morgan fingerprint density at radius 3 is 2.71 bits per heavy atom. The van der Waals surface area contributed by atoms with Gasteiger partial charge in [-0.2, -0.15) is 5.10 Å². The maximum absolute atomic E-state index is 12.1. The number of Topliss-reactive ketones (excluding diaryl/α,β-unsaturated/α-hetero) is 1. The minimum absolute atomic E-state index is 0.207. The highest BCUT2D eigenvalue weighted by atomic mass is 16.6. The number of rotatable bonds is 1. The molecule has 0 spiro atoms. The second-order valence-electron chi connectivity index (χ2n) is 6.83. The molecule has 21 heavy (non-hydrogen) atoms. The van der Waals surface area contributed by atoms with Crippen LogP contribution in [0.1, 0.15) is 50.9 Å². The maximum atomic E-state index is 12.1. The fraction of sp³-hybridized carbons (Fsp3) is 0.667. The van der Waals surface area contributed by atoms with Crippen molar-refractivity contribution >= 4 is 11.9 Å². The van der Waals surface area contributed by atoms with E-state index in [9.17, 15) is 9.59 Å². The van der Waals surface area contributed by atoms with Crippen molar-refractivity contribution in [3.63, 3.8) is 0 Å². The van der Waals surface area contributed by atoms with Gasteiger partial charge in [0.05, 0.1) is 18.3 Å². The summed E-state index contributed by atoms with van der Waals surface area (Å²) in [6.45, 7) is 6.76. The topological polar surface area (TPSA) is 64.4 Å². The van der Waals surface area contributed by atoms with Crippen molar-refractivity contribution < 1.29 is 14.3 Å². The number of ether oxygens (including phenoxy) is 1. The molecule has 1 aromatic rings. The van der Waals surface area contributed by atoms with E-state index in [1.165, 1.54) is 0 Å². The van der Waals surface area contributed by atoms with Crippen LogP contribution >= 0.6 is 0 Å². The van der Waals surface area contributed by atoms with Gasteiger partial charge in [-0.15, -0.1) is 0 Å². The number of nitrogens with zero attached hydrogens (tertiary/aromatic N) is 3. The van der Waals surface area contributed by atoms with Gasteiger partial charge >= 0.3 is 6.09 Å². The van der Waals surface area contributed by atoms with Crippen LogP contribution in [0.15, 0.2) is 6.20 Å². The summed E-state index contributed by atoms with van der Waals surface area (Å²) in [7, 11) is 0. The molecule has 3 rings (SSSR count). The van der Waals surface area contributed by atoms with E-state index in [0.717, 1.165) is 17.7 Å². The van der Waals surface area contributed by atoms with Crippen LogP contribution < -0.4 is 0 Å². The lowest BCUT2D eigenvalue weighted by Gasteiger charge is -2.29. The molecule has 1 amide bonds. The molecule has 2 heterocycles. The zero-order valence-electron chi connectivity index (χ0n) is 12.8. The number of fused-ring (bicyclic) bond motifs is 1. The normalized spacial score (nSPS) is 19.2. The van der Waals surface area contributed by atoms with Gasteiger partial charge in [0.25, 0.3) is 0 Å². The lowest BCUT2D eigenvalue weighted by Crippen LogP contribution is -2.39. The number of carbonyl (C=O) groups is 2. The van der Waals surface area contributed by atoms with Gasteiger partial charge in [0.2, 0.25) is 0 Å². The maximum Gasteiger partial charge on any atom is 0.410 e. The monoisotopic (exact) mass is 291 g/mol. The zero-order valence-corrected chi connectivity index (χ0v) is 12.8. The van der Waals surface area contributed by atoms with E-state index in [-0.39, 0.29) is 12.1 Å². The first-order valence-electron chi connectivity index (χ1n) is 7.38. The summed E-state index contributed by atoms with van der Waals surface area (Å²) in [4.78, 5) is 24.9. The SMILES string of the molecule is CC(C)(C)OC(=O)N1CCc2nn(C3CC(=O)C3)cc2C1. The number of ketones is 1. The standard InChI is InChI=1S/C15H21N3O3/c1-15(2,3)21-14(20)17-5-4-13-10(8-17)9-18(16-13)11-6-12(19)7-11/h9,11H,4-8H2,1-3H3. The number of carbonyl (C=O) groups excluding carboxylic acids is 2. The van der Waals surface area contributed by atoms with Crippen LogP contribution in [-0.2, 0) is 22.5 Å². The van der Waals surface area contributed by atoms with Crippen molar-refractivity contribution in [2.45, 2.75) is 58.2 Å². The molecule has 1 fully saturated rings. The number of hydrogen-bond donors (Lipinski definition) is 0. The third kappa shape index (κ3) is 2.94. The quantitative estimate of drug-likeness (QED) is 0.794. The summed E-state index contributed by atoms with van der Waals surface area (Å²) in [6.07, 6.45) is 3.59. The Bertz CT molecular complexity index is 577. The van der Waals surface area contributed by atoms with Gasteiger partial charge in [-0.1, -0.05) is 0 Å². The molecular formula is C15H21N3O3. The molecule has 1 saturated carbocycles. The molecule has 1 aromatic heterocycles. The molecule has 1 aliphatic heterocycles. The lowest BCUT2D eigenvalue weighted by atomic mass is 9.92. The molecule has 6 heteroatoms. The Hall–Kier alpha value is -1.85. The van der Waals surface area contributed by atoms with Gasteiger partial charge in [0.1, 0.15) is 11.4 Å². The highest BCUT2D eigenvalue weighted by Gasteiger charge is 2.32. The second kappa shape index (κ2) is 4.86. The van der Waals surface area contributed by atoms with Crippen LogP contribution in [-0.4, -0.2) is 38.7 Å². The van der Waals surface area contributed by atoms with Crippen molar-refractivity contribution in [1.29, 1.82) is 0 Å². The first kappa shape index (κ1) is 14.1. The highest BCUT2D eigenvalue weighted by molar-refractivity contribution is 5.85. The Morgan fingerprint density at radius 1 is 1.38 bits per heavy atom. The third-order valence-corrected chi connectivity index (χ3v) is 3.83. The first-order valence-corrected chi connectivity index (χ1v) is 7.38. The summed E-state index contributed by atoms with van der Waals surface area (Å²) in [6, 6.07) is 0.207. The molecule has 0 aromatic carbocycles. The average molecular weight is 291 g/mol. The largest absolute Gasteiger partial charge is 0.444 e. The van der Waals surface area contributed by atoms with Gasteiger partial charge in [-0.05, 0) is 20.8 Å². The zero-order chi connectivity index (χ0) is 15.2. The van der Waals surface area contributed by atoms with E-state index in [1.54, 1.807) is 4.90 Å². The van der Waals surface area contributed by atoms with Crippen molar-refractivity contribution in [3.05, 3.63) is 17.5 Å².